The van der Waals surface area contributed by atoms with Gasteiger partial charge < -0.3 is 9.47 Å². The smallest absolute Gasteiger partial charge is 0.189 e. The normalized spacial score (nSPS) is 43.8. The fourth-order valence-corrected chi connectivity index (χ4v) is 3.50. The maximum absolute atomic E-state index is 12.1. The second-order valence-corrected chi connectivity index (χ2v) is 5.02. The molecule has 2 atom stereocenters. The molecule has 4 rings (SSSR count). The Hall–Kier alpha value is -1.42. The Morgan fingerprint density at radius 3 is 2.94 bits per heavy atom. The van der Waals surface area contributed by atoms with Crippen LogP contribution >= 0.6 is 0 Å². The summed E-state index contributed by atoms with van der Waals surface area (Å²) < 4.78 is 11.0. The number of rotatable bonds is 0. The van der Waals surface area contributed by atoms with E-state index in [1.54, 1.807) is 6.08 Å². The molecule has 0 N–H and O–H groups in total. The minimum atomic E-state index is -0.589. The molecule has 16 heavy (non-hydrogen) atoms. The molecule has 0 aromatic rings. The Balaban J connectivity index is 1.95. The molecule has 0 aromatic heterocycles. The lowest BCUT2D eigenvalue weighted by Gasteiger charge is -2.30. The largest absolute Gasteiger partial charge is 0.469 e. The monoisotopic (exact) mass is 218 g/mol. The summed E-state index contributed by atoms with van der Waals surface area (Å²) in [5, 5.41) is 0. The van der Waals surface area contributed by atoms with E-state index < -0.39 is 11.0 Å². The van der Waals surface area contributed by atoms with Gasteiger partial charge in [0.05, 0.1) is 5.41 Å². The minimum absolute atomic E-state index is 0.0122. The predicted molar refractivity (Wildman–Crippen MR) is 52.2 cm³/mol. The van der Waals surface area contributed by atoms with E-state index in [1.807, 2.05) is 0 Å². The van der Waals surface area contributed by atoms with Gasteiger partial charge in [-0.05, 0) is 11.6 Å². The van der Waals surface area contributed by atoms with E-state index in [9.17, 15) is 9.59 Å². The van der Waals surface area contributed by atoms with Gasteiger partial charge in [-0.1, -0.05) is 0 Å². The third kappa shape index (κ3) is 0.745. The van der Waals surface area contributed by atoms with Gasteiger partial charge in [-0.3, -0.25) is 9.59 Å². The van der Waals surface area contributed by atoms with Crippen molar-refractivity contribution in [2.45, 2.75) is 24.9 Å². The lowest BCUT2D eigenvalue weighted by Crippen LogP contribution is -2.38. The van der Waals surface area contributed by atoms with Crippen LogP contribution in [0.15, 0.2) is 23.5 Å². The van der Waals surface area contributed by atoms with Crippen LogP contribution in [-0.4, -0.2) is 24.0 Å². The highest BCUT2D eigenvalue weighted by Gasteiger charge is 2.65. The molecular formula is C12H10O4. The zero-order valence-corrected chi connectivity index (χ0v) is 8.62. The first-order chi connectivity index (χ1) is 7.65. The average molecular weight is 218 g/mol. The zero-order chi connectivity index (χ0) is 11.0. The van der Waals surface area contributed by atoms with E-state index in [2.05, 4.69) is 0 Å². The van der Waals surface area contributed by atoms with Gasteiger partial charge in [0.2, 0.25) is 0 Å². The van der Waals surface area contributed by atoms with Gasteiger partial charge in [0.25, 0.3) is 0 Å². The molecule has 3 aliphatic carbocycles. The van der Waals surface area contributed by atoms with Crippen LogP contribution in [0.25, 0.3) is 0 Å². The first kappa shape index (κ1) is 8.70. The first-order valence-electron chi connectivity index (χ1n) is 5.42. The number of ether oxygens (including phenoxy) is 2. The van der Waals surface area contributed by atoms with Crippen LogP contribution in [0.2, 0.25) is 0 Å². The minimum Gasteiger partial charge on any atom is -0.469 e. The van der Waals surface area contributed by atoms with Crippen molar-refractivity contribution in [3.05, 3.63) is 23.5 Å². The third-order valence-corrected chi connectivity index (χ3v) is 4.22. The molecule has 0 radical (unpaired) electrons. The standard InChI is InChI=1S/C12H10O4/c13-8-1-7-3-12-5-11(7,4-8)9(14)2-10(12)15-6-16-12/h1-2H,3-6H2. The van der Waals surface area contributed by atoms with Crippen LogP contribution in [0.3, 0.4) is 0 Å². The molecule has 2 spiro atoms. The Morgan fingerprint density at radius 2 is 2.06 bits per heavy atom. The number of allylic oxidation sites excluding steroid dienone is 2. The van der Waals surface area contributed by atoms with Crippen LogP contribution in [0.4, 0.5) is 0 Å². The quantitative estimate of drug-likeness (QED) is 0.605. The second kappa shape index (κ2) is 2.30. The van der Waals surface area contributed by atoms with Crippen molar-refractivity contribution in [2.24, 2.45) is 5.41 Å². The van der Waals surface area contributed by atoms with Crippen molar-refractivity contribution in [2.75, 3.05) is 6.79 Å². The molecule has 82 valence electrons. The van der Waals surface area contributed by atoms with E-state index in [4.69, 9.17) is 9.47 Å². The Kier molecular flexibility index (Phi) is 1.25. The van der Waals surface area contributed by atoms with Crippen molar-refractivity contribution in [1.82, 2.24) is 0 Å². The van der Waals surface area contributed by atoms with Gasteiger partial charge in [0.15, 0.2) is 18.4 Å². The summed E-state index contributed by atoms with van der Waals surface area (Å²) in [5.41, 5.74) is -0.0893. The third-order valence-electron chi connectivity index (χ3n) is 4.22. The molecule has 4 aliphatic rings. The lowest BCUT2D eigenvalue weighted by molar-refractivity contribution is -0.127. The topological polar surface area (TPSA) is 52.6 Å². The zero-order valence-electron chi connectivity index (χ0n) is 8.62. The molecule has 2 unspecified atom stereocenters. The molecule has 4 heteroatoms. The van der Waals surface area contributed by atoms with Crippen molar-refractivity contribution < 1.29 is 19.1 Å². The fraction of sp³-hybridized carbons (Fsp3) is 0.500. The molecule has 1 saturated heterocycles. The van der Waals surface area contributed by atoms with Crippen LogP contribution < -0.4 is 0 Å². The highest BCUT2D eigenvalue weighted by molar-refractivity contribution is 6.08. The van der Waals surface area contributed by atoms with Gasteiger partial charge >= 0.3 is 0 Å². The van der Waals surface area contributed by atoms with Crippen LogP contribution in [0, 0.1) is 5.41 Å². The highest BCUT2D eigenvalue weighted by Crippen LogP contribution is 2.62. The van der Waals surface area contributed by atoms with Crippen molar-refractivity contribution in [3.8, 4) is 0 Å². The van der Waals surface area contributed by atoms with Gasteiger partial charge in [-0.2, -0.15) is 0 Å². The lowest BCUT2D eigenvalue weighted by atomic mass is 9.74. The molecule has 0 amide bonds. The number of carbonyl (C=O) groups is 2. The summed E-state index contributed by atoms with van der Waals surface area (Å²) in [6.07, 6.45) is 4.70. The Bertz CT molecular complexity index is 501. The molecule has 4 nitrogen and oxygen atoms in total. The van der Waals surface area contributed by atoms with Gasteiger partial charge in [-0.15, -0.1) is 0 Å². The SMILES string of the molecule is O=C1C=C2CC34CC2(C1)C(=O)C=C3OCO4. The van der Waals surface area contributed by atoms with E-state index in [0.717, 1.165) is 5.57 Å². The Morgan fingerprint density at radius 1 is 1.19 bits per heavy atom. The van der Waals surface area contributed by atoms with E-state index in [0.29, 0.717) is 25.0 Å². The summed E-state index contributed by atoms with van der Waals surface area (Å²) in [7, 11) is 0. The number of hydrogen-bond donors (Lipinski definition) is 0. The maximum atomic E-state index is 12.1. The number of ketones is 2. The molecule has 2 fully saturated rings. The predicted octanol–water partition coefficient (Wildman–Crippen LogP) is 0.875. The summed E-state index contributed by atoms with van der Waals surface area (Å²) in [5.74, 6) is 0.734. The van der Waals surface area contributed by atoms with Gasteiger partial charge in [0.1, 0.15) is 11.4 Å². The number of carbonyl (C=O) groups excluding carboxylic acids is 2. The Labute approximate surface area is 91.9 Å². The maximum Gasteiger partial charge on any atom is 0.189 e. The molecule has 1 heterocycles. The van der Waals surface area contributed by atoms with Crippen LogP contribution in [0.1, 0.15) is 19.3 Å². The van der Waals surface area contributed by atoms with Crippen LogP contribution in [0.5, 0.6) is 0 Å². The molecule has 1 aliphatic heterocycles. The van der Waals surface area contributed by atoms with E-state index in [-0.39, 0.29) is 18.4 Å². The molecule has 0 aromatic carbocycles. The molecule has 2 bridgehead atoms. The summed E-state index contributed by atoms with van der Waals surface area (Å²) >= 11 is 0. The highest BCUT2D eigenvalue weighted by atomic mass is 16.7. The summed E-state index contributed by atoms with van der Waals surface area (Å²) in [6, 6.07) is 0. The van der Waals surface area contributed by atoms with Crippen LogP contribution in [-0.2, 0) is 19.1 Å². The summed E-state index contributed by atoms with van der Waals surface area (Å²) in [6.45, 7) is 0.219. The number of hydrogen-bond acceptors (Lipinski definition) is 4. The van der Waals surface area contributed by atoms with Crippen molar-refractivity contribution in [3.63, 3.8) is 0 Å². The first-order valence-corrected chi connectivity index (χ1v) is 5.42. The molecule has 1 saturated carbocycles. The van der Waals surface area contributed by atoms with Gasteiger partial charge in [-0.25, -0.2) is 0 Å². The van der Waals surface area contributed by atoms with Crippen molar-refractivity contribution in [1.29, 1.82) is 0 Å². The van der Waals surface area contributed by atoms with E-state index in [1.165, 1.54) is 6.08 Å². The molecular weight excluding hydrogens is 208 g/mol. The summed E-state index contributed by atoms with van der Waals surface area (Å²) in [4.78, 5) is 23.6. The second-order valence-electron chi connectivity index (χ2n) is 5.02. The van der Waals surface area contributed by atoms with Crippen molar-refractivity contribution >= 4 is 11.6 Å². The fourth-order valence-electron chi connectivity index (χ4n) is 3.50. The van der Waals surface area contributed by atoms with Gasteiger partial charge in [0, 0.05) is 25.3 Å². The van der Waals surface area contributed by atoms with E-state index >= 15 is 0 Å². The average Bonchev–Trinajstić information content (AvgIpc) is 2.79.